The molecule has 1 atom stereocenters. The minimum absolute atomic E-state index is 0.0167. The molecule has 1 aliphatic carbocycles. The van der Waals surface area contributed by atoms with E-state index in [1.54, 1.807) is 4.90 Å². The Morgan fingerprint density at radius 3 is 2.44 bits per heavy atom. The Bertz CT molecular complexity index is 727. The Hall–Kier alpha value is -2.30. The summed E-state index contributed by atoms with van der Waals surface area (Å²) >= 11 is 0. The van der Waals surface area contributed by atoms with E-state index in [1.807, 2.05) is 30.3 Å². The van der Waals surface area contributed by atoms with E-state index in [1.165, 1.54) is 6.92 Å². The van der Waals surface area contributed by atoms with Gasteiger partial charge in [-0.1, -0.05) is 30.3 Å². The van der Waals surface area contributed by atoms with Crippen LogP contribution in [0.4, 0.5) is 0 Å². The van der Waals surface area contributed by atoms with Gasteiger partial charge in [-0.05, 0) is 24.3 Å². The summed E-state index contributed by atoms with van der Waals surface area (Å²) in [6, 6.07) is 9.90. The fraction of sp³-hybridized carbons (Fsp3) is 0.500. The Kier molecular flexibility index (Phi) is 3.82. The first kappa shape index (κ1) is 16.2. The molecule has 1 unspecified atom stereocenters. The molecular formula is C20H23NO4. The first-order valence-corrected chi connectivity index (χ1v) is 8.99. The lowest BCUT2D eigenvalue weighted by molar-refractivity contribution is -0.153. The highest BCUT2D eigenvalue weighted by atomic mass is 16.6. The first-order valence-electron chi connectivity index (χ1n) is 8.99. The van der Waals surface area contributed by atoms with Crippen molar-refractivity contribution in [3.63, 3.8) is 0 Å². The Balaban J connectivity index is 1.67. The van der Waals surface area contributed by atoms with E-state index >= 15 is 0 Å². The molecule has 1 N–H and O–H groups in total. The average Bonchev–Trinajstić information content (AvgIpc) is 3.41. The van der Waals surface area contributed by atoms with Gasteiger partial charge in [-0.15, -0.1) is 0 Å². The van der Waals surface area contributed by atoms with Gasteiger partial charge >= 0.3 is 5.97 Å². The maximum atomic E-state index is 12.7. The number of piperidine rings is 1. The quantitative estimate of drug-likeness (QED) is 0.859. The summed E-state index contributed by atoms with van der Waals surface area (Å²) in [6.45, 7) is 2.54. The van der Waals surface area contributed by atoms with Crippen LogP contribution in [0.1, 0.15) is 44.1 Å². The minimum atomic E-state index is -0.944. The number of carbonyl (C=O) groups excluding carboxylic acids is 2. The predicted octanol–water partition coefficient (Wildman–Crippen LogP) is 2.93. The number of likely N-dealkylation sites (tertiary alicyclic amines) is 1. The van der Waals surface area contributed by atoms with Crippen LogP contribution >= 0.6 is 0 Å². The number of hydrogen-bond donors (Lipinski definition) is 1. The molecule has 2 heterocycles. The monoisotopic (exact) mass is 341 g/mol. The minimum Gasteiger partial charge on any atom is -0.507 e. The topological polar surface area (TPSA) is 66.8 Å². The van der Waals surface area contributed by atoms with Gasteiger partial charge in [-0.2, -0.15) is 0 Å². The number of esters is 1. The van der Waals surface area contributed by atoms with Crippen LogP contribution in [0.2, 0.25) is 0 Å². The fourth-order valence-electron chi connectivity index (χ4n) is 4.18. The summed E-state index contributed by atoms with van der Waals surface area (Å²) in [5.41, 5.74) is 0.548. The molecule has 1 saturated heterocycles. The number of benzene rings is 1. The Morgan fingerprint density at radius 1 is 1.24 bits per heavy atom. The number of rotatable bonds is 3. The molecule has 5 heteroatoms. The molecule has 3 aliphatic rings. The van der Waals surface area contributed by atoms with E-state index in [9.17, 15) is 14.7 Å². The third-order valence-corrected chi connectivity index (χ3v) is 5.77. The van der Waals surface area contributed by atoms with Crippen molar-refractivity contribution in [3.8, 4) is 0 Å². The van der Waals surface area contributed by atoms with Crippen LogP contribution in [0.15, 0.2) is 41.7 Å². The van der Waals surface area contributed by atoms with Crippen LogP contribution in [0.25, 0.3) is 0 Å². The summed E-state index contributed by atoms with van der Waals surface area (Å²) in [4.78, 5) is 26.0. The number of nitrogens with zero attached hydrogens (tertiary/aromatic N) is 1. The third kappa shape index (κ3) is 2.71. The fourth-order valence-corrected chi connectivity index (χ4v) is 4.18. The number of aliphatic hydroxyl groups excluding tert-OH is 1. The van der Waals surface area contributed by atoms with Gasteiger partial charge in [0.2, 0.25) is 5.91 Å². The van der Waals surface area contributed by atoms with E-state index in [2.05, 4.69) is 0 Å². The second kappa shape index (κ2) is 5.90. The van der Waals surface area contributed by atoms with Gasteiger partial charge < -0.3 is 14.7 Å². The van der Waals surface area contributed by atoms with Crippen molar-refractivity contribution in [1.29, 1.82) is 0 Å². The molecule has 0 radical (unpaired) electrons. The molecule has 0 aromatic heterocycles. The van der Waals surface area contributed by atoms with Crippen molar-refractivity contribution < 1.29 is 19.4 Å². The molecule has 1 aromatic carbocycles. The molecule has 4 rings (SSSR count). The lowest BCUT2D eigenvalue weighted by atomic mass is 9.82. The zero-order valence-electron chi connectivity index (χ0n) is 14.4. The lowest BCUT2D eigenvalue weighted by Crippen LogP contribution is -2.47. The summed E-state index contributed by atoms with van der Waals surface area (Å²) in [7, 11) is 0. The summed E-state index contributed by atoms with van der Waals surface area (Å²) < 4.78 is 5.72. The second-order valence-corrected chi connectivity index (χ2v) is 7.38. The number of carbonyl (C=O) groups is 2. The molecule has 1 spiro atoms. The van der Waals surface area contributed by atoms with E-state index < -0.39 is 11.6 Å². The van der Waals surface area contributed by atoms with Crippen LogP contribution < -0.4 is 0 Å². The van der Waals surface area contributed by atoms with Crippen LogP contribution in [0, 0.1) is 5.92 Å². The number of ether oxygens (including phenoxy) is 1. The third-order valence-electron chi connectivity index (χ3n) is 5.77. The van der Waals surface area contributed by atoms with Crippen molar-refractivity contribution in [2.24, 2.45) is 5.92 Å². The van der Waals surface area contributed by atoms with Crippen LogP contribution in [0.3, 0.4) is 0 Å². The zero-order chi connectivity index (χ0) is 17.6. The predicted molar refractivity (Wildman–Crippen MR) is 91.9 cm³/mol. The number of amides is 1. The maximum Gasteiger partial charge on any atom is 0.339 e. The second-order valence-electron chi connectivity index (χ2n) is 7.38. The van der Waals surface area contributed by atoms with Crippen LogP contribution in [-0.4, -0.2) is 40.6 Å². The summed E-state index contributed by atoms with van der Waals surface area (Å²) in [5, 5.41) is 11.0. The average molecular weight is 341 g/mol. The highest BCUT2D eigenvalue weighted by Gasteiger charge is 2.53. The lowest BCUT2D eigenvalue weighted by Gasteiger charge is -2.37. The molecule has 1 amide bonds. The van der Waals surface area contributed by atoms with Crippen molar-refractivity contribution in [3.05, 3.63) is 47.2 Å². The maximum absolute atomic E-state index is 12.7. The molecule has 25 heavy (non-hydrogen) atoms. The number of aliphatic hydroxyl groups is 1. The summed E-state index contributed by atoms with van der Waals surface area (Å²) in [5.74, 6) is 0.0115. The largest absolute Gasteiger partial charge is 0.507 e. The molecule has 2 aliphatic heterocycles. The van der Waals surface area contributed by atoms with Crippen LogP contribution in [-0.2, 0) is 14.3 Å². The van der Waals surface area contributed by atoms with Gasteiger partial charge in [0.25, 0.3) is 0 Å². The van der Waals surface area contributed by atoms with E-state index in [0.29, 0.717) is 37.4 Å². The van der Waals surface area contributed by atoms with Gasteiger partial charge in [0, 0.05) is 38.8 Å². The van der Waals surface area contributed by atoms with E-state index in [0.717, 1.165) is 18.4 Å². The van der Waals surface area contributed by atoms with Crippen molar-refractivity contribution in [2.45, 2.75) is 44.1 Å². The van der Waals surface area contributed by atoms with Gasteiger partial charge in [-0.25, -0.2) is 4.79 Å². The standard InChI is InChI=1S/C20H23NO4/c1-13(22)21-11-9-20(10-12-21)18(23)17(19(24)25-20)16(15-7-8-15)14-5-3-2-4-6-14/h2-6,15-16,23H,7-12H2,1H3. The zero-order valence-corrected chi connectivity index (χ0v) is 14.4. The van der Waals surface area contributed by atoms with Crippen molar-refractivity contribution in [2.75, 3.05) is 13.1 Å². The smallest absolute Gasteiger partial charge is 0.339 e. The molecule has 0 bridgehead atoms. The van der Waals surface area contributed by atoms with E-state index in [-0.39, 0.29) is 17.6 Å². The molecule has 5 nitrogen and oxygen atoms in total. The van der Waals surface area contributed by atoms with Crippen LogP contribution in [0.5, 0.6) is 0 Å². The van der Waals surface area contributed by atoms with Gasteiger partial charge in [0.15, 0.2) is 5.60 Å². The highest BCUT2D eigenvalue weighted by molar-refractivity contribution is 5.94. The normalized spacial score (nSPS) is 23.7. The highest BCUT2D eigenvalue weighted by Crippen LogP contribution is 2.52. The molecule has 1 saturated carbocycles. The number of hydrogen-bond acceptors (Lipinski definition) is 4. The molecular weight excluding hydrogens is 318 g/mol. The summed E-state index contributed by atoms with van der Waals surface area (Å²) in [6.07, 6.45) is 3.04. The van der Waals surface area contributed by atoms with Gasteiger partial charge in [-0.3, -0.25) is 4.79 Å². The first-order chi connectivity index (χ1) is 12.0. The molecule has 132 valence electrons. The van der Waals surface area contributed by atoms with E-state index in [4.69, 9.17) is 4.74 Å². The Morgan fingerprint density at radius 2 is 1.88 bits per heavy atom. The van der Waals surface area contributed by atoms with Gasteiger partial charge in [0.05, 0.1) is 5.57 Å². The SMILES string of the molecule is CC(=O)N1CCC2(CC1)OC(=O)C(C(c1ccccc1)C1CC1)=C2O. The van der Waals surface area contributed by atoms with Crippen molar-refractivity contribution >= 4 is 11.9 Å². The molecule has 2 fully saturated rings. The van der Waals surface area contributed by atoms with Crippen molar-refractivity contribution in [1.82, 2.24) is 4.90 Å². The molecule has 1 aromatic rings. The Labute approximate surface area is 147 Å². The van der Waals surface area contributed by atoms with Gasteiger partial charge in [0.1, 0.15) is 5.76 Å².